The van der Waals surface area contributed by atoms with Crippen molar-refractivity contribution in [3.63, 3.8) is 0 Å². The molecule has 1 aromatic heterocycles. The highest BCUT2D eigenvalue weighted by Crippen LogP contribution is 2.42. The van der Waals surface area contributed by atoms with Gasteiger partial charge in [0.25, 0.3) is 0 Å². The summed E-state index contributed by atoms with van der Waals surface area (Å²) in [7, 11) is 0. The Kier molecular flexibility index (Phi) is 6.80. The molecule has 0 radical (unpaired) electrons. The zero-order valence-corrected chi connectivity index (χ0v) is 20.6. The van der Waals surface area contributed by atoms with Crippen LogP contribution in [0.25, 0.3) is 6.08 Å². The lowest BCUT2D eigenvalue weighted by atomic mass is 9.74. The number of Topliss-reactive ketones (excluding diaryl/α,β-unsaturated/α-hetero) is 1. The van der Waals surface area contributed by atoms with Crippen molar-refractivity contribution in [1.29, 1.82) is 0 Å². The minimum atomic E-state index is -0.492. The van der Waals surface area contributed by atoms with E-state index in [0.717, 1.165) is 42.3 Å². The van der Waals surface area contributed by atoms with Crippen molar-refractivity contribution in [3.05, 3.63) is 101 Å². The van der Waals surface area contributed by atoms with Gasteiger partial charge in [0.15, 0.2) is 5.78 Å². The first-order valence-electron chi connectivity index (χ1n) is 12.4. The quantitative estimate of drug-likeness (QED) is 0.486. The highest BCUT2D eigenvalue weighted by atomic mass is 16.5. The number of anilines is 1. The van der Waals surface area contributed by atoms with Gasteiger partial charge in [0.1, 0.15) is 5.82 Å². The Morgan fingerprint density at radius 2 is 1.63 bits per heavy atom. The molecule has 35 heavy (non-hydrogen) atoms. The van der Waals surface area contributed by atoms with Gasteiger partial charge < -0.3 is 9.64 Å². The van der Waals surface area contributed by atoms with Crippen molar-refractivity contribution in [3.8, 4) is 0 Å². The standard InChI is InChI=1S/C30H33N3O2/c1-30(2)22-33(21-23-10-5-3-6-11-23)28(24-12-7-4-8-13-24)26(29(30)34)20-25-14-9-15-27(31-25)32-16-18-35-19-17-32/h3-15,20,28H,16-19,21-22H2,1-2H3. The van der Waals surface area contributed by atoms with Crippen LogP contribution >= 0.6 is 0 Å². The normalized spacial score (nSPS) is 21.9. The molecule has 5 heteroatoms. The second-order valence-corrected chi connectivity index (χ2v) is 10.0. The maximum absolute atomic E-state index is 13.9. The summed E-state index contributed by atoms with van der Waals surface area (Å²) in [5.41, 5.74) is 3.49. The van der Waals surface area contributed by atoms with E-state index in [-0.39, 0.29) is 11.8 Å². The molecule has 2 aromatic carbocycles. The molecule has 3 aromatic rings. The molecule has 5 nitrogen and oxygen atoms in total. The summed E-state index contributed by atoms with van der Waals surface area (Å²) in [6.07, 6.45) is 2.02. The van der Waals surface area contributed by atoms with E-state index >= 15 is 0 Å². The number of hydrogen-bond acceptors (Lipinski definition) is 5. The summed E-state index contributed by atoms with van der Waals surface area (Å²) in [6, 6.07) is 26.8. The Labute approximate surface area is 208 Å². The summed E-state index contributed by atoms with van der Waals surface area (Å²) in [5.74, 6) is 1.12. The number of piperidine rings is 1. The van der Waals surface area contributed by atoms with Gasteiger partial charge in [-0.3, -0.25) is 9.69 Å². The van der Waals surface area contributed by atoms with Gasteiger partial charge in [0, 0.05) is 37.2 Å². The minimum absolute atomic E-state index is 0.134. The Hall–Kier alpha value is -3.28. The Morgan fingerprint density at radius 3 is 2.34 bits per heavy atom. The number of morpholine rings is 1. The van der Waals surface area contributed by atoms with E-state index in [1.165, 1.54) is 5.56 Å². The van der Waals surface area contributed by atoms with Crippen LogP contribution in [-0.2, 0) is 16.1 Å². The van der Waals surface area contributed by atoms with Crippen LogP contribution < -0.4 is 4.90 Å². The zero-order valence-electron chi connectivity index (χ0n) is 20.6. The molecule has 2 aliphatic heterocycles. The highest BCUT2D eigenvalue weighted by molar-refractivity contribution is 6.05. The van der Waals surface area contributed by atoms with Crippen LogP contribution in [-0.4, -0.2) is 48.5 Å². The molecule has 0 aliphatic carbocycles. The fourth-order valence-corrected chi connectivity index (χ4v) is 5.17. The van der Waals surface area contributed by atoms with Gasteiger partial charge in [-0.2, -0.15) is 0 Å². The van der Waals surface area contributed by atoms with Crippen molar-refractivity contribution in [1.82, 2.24) is 9.88 Å². The van der Waals surface area contributed by atoms with E-state index in [1.54, 1.807) is 0 Å². The molecule has 0 N–H and O–H groups in total. The van der Waals surface area contributed by atoms with Crippen LogP contribution in [0.2, 0.25) is 0 Å². The van der Waals surface area contributed by atoms with Gasteiger partial charge in [0.2, 0.25) is 0 Å². The lowest BCUT2D eigenvalue weighted by Crippen LogP contribution is -2.49. The number of benzene rings is 2. The van der Waals surface area contributed by atoms with E-state index in [1.807, 2.05) is 36.4 Å². The van der Waals surface area contributed by atoms with Gasteiger partial charge in [-0.1, -0.05) is 80.6 Å². The van der Waals surface area contributed by atoms with Crippen LogP contribution in [0.5, 0.6) is 0 Å². The number of pyridine rings is 1. The lowest BCUT2D eigenvalue weighted by Gasteiger charge is -2.44. The number of aromatic nitrogens is 1. The number of carbonyl (C=O) groups excluding carboxylic acids is 1. The zero-order chi connectivity index (χ0) is 24.3. The van der Waals surface area contributed by atoms with E-state index in [4.69, 9.17) is 9.72 Å². The number of rotatable bonds is 5. The summed E-state index contributed by atoms with van der Waals surface area (Å²) in [4.78, 5) is 23.5. The smallest absolute Gasteiger partial charge is 0.167 e. The van der Waals surface area contributed by atoms with Crippen molar-refractivity contribution in [2.45, 2.75) is 26.4 Å². The van der Waals surface area contributed by atoms with Crippen molar-refractivity contribution < 1.29 is 9.53 Å². The van der Waals surface area contributed by atoms with E-state index in [2.05, 4.69) is 72.2 Å². The van der Waals surface area contributed by atoms with E-state index in [0.29, 0.717) is 19.8 Å². The second-order valence-electron chi connectivity index (χ2n) is 10.0. The van der Waals surface area contributed by atoms with Crippen molar-refractivity contribution in [2.24, 2.45) is 5.41 Å². The third kappa shape index (κ3) is 5.21. The minimum Gasteiger partial charge on any atom is -0.378 e. The molecule has 0 saturated carbocycles. The molecule has 2 fully saturated rings. The summed E-state index contributed by atoms with van der Waals surface area (Å²) < 4.78 is 5.50. The molecule has 1 unspecified atom stereocenters. The Bertz CT molecular complexity index is 1180. The Balaban J connectivity index is 1.57. The SMILES string of the molecule is CC1(C)CN(Cc2ccccc2)C(c2ccccc2)C(=Cc2cccc(N3CCOCC3)n2)C1=O. The van der Waals surface area contributed by atoms with Gasteiger partial charge in [-0.05, 0) is 29.3 Å². The number of ether oxygens (including phenoxy) is 1. The fourth-order valence-electron chi connectivity index (χ4n) is 5.17. The molecule has 0 spiro atoms. The van der Waals surface area contributed by atoms with Gasteiger partial charge in [-0.15, -0.1) is 0 Å². The summed E-state index contributed by atoms with van der Waals surface area (Å²) in [5, 5.41) is 0. The molecule has 180 valence electrons. The number of likely N-dealkylation sites (tertiary alicyclic amines) is 1. The molecular formula is C30H33N3O2. The summed E-state index contributed by atoms with van der Waals surface area (Å²) >= 11 is 0. The first-order chi connectivity index (χ1) is 17.0. The number of nitrogens with zero attached hydrogens (tertiary/aromatic N) is 3. The van der Waals surface area contributed by atoms with Crippen molar-refractivity contribution in [2.75, 3.05) is 37.7 Å². The predicted octanol–water partition coefficient (Wildman–Crippen LogP) is 5.15. The fraction of sp³-hybridized carbons (Fsp3) is 0.333. The van der Waals surface area contributed by atoms with E-state index < -0.39 is 5.41 Å². The van der Waals surface area contributed by atoms with Gasteiger partial charge in [-0.25, -0.2) is 4.98 Å². The Morgan fingerprint density at radius 1 is 0.943 bits per heavy atom. The molecule has 5 rings (SSSR count). The van der Waals surface area contributed by atoms with Crippen molar-refractivity contribution >= 4 is 17.7 Å². The van der Waals surface area contributed by atoms with Crippen LogP contribution in [0.3, 0.4) is 0 Å². The predicted molar refractivity (Wildman–Crippen MR) is 140 cm³/mol. The second kappa shape index (κ2) is 10.1. The number of carbonyl (C=O) groups is 1. The van der Waals surface area contributed by atoms with Crippen LogP contribution in [0.1, 0.15) is 36.7 Å². The lowest BCUT2D eigenvalue weighted by molar-refractivity contribution is -0.128. The third-order valence-electron chi connectivity index (χ3n) is 6.87. The maximum Gasteiger partial charge on any atom is 0.167 e. The molecule has 0 amide bonds. The molecule has 3 heterocycles. The third-order valence-corrected chi connectivity index (χ3v) is 6.87. The van der Waals surface area contributed by atoms with Crippen LogP contribution in [0, 0.1) is 5.41 Å². The molecule has 1 atom stereocenters. The monoisotopic (exact) mass is 467 g/mol. The molecule has 0 bridgehead atoms. The topological polar surface area (TPSA) is 45.7 Å². The summed E-state index contributed by atoms with van der Waals surface area (Å²) in [6.45, 7) is 8.66. The first-order valence-corrected chi connectivity index (χ1v) is 12.4. The first kappa shape index (κ1) is 23.5. The maximum atomic E-state index is 13.9. The van der Waals surface area contributed by atoms with Crippen LogP contribution in [0.15, 0.2) is 84.4 Å². The molecular weight excluding hydrogens is 434 g/mol. The van der Waals surface area contributed by atoms with E-state index in [9.17, 15) is 4.79 Å². The largest absolute Gasteiger partial charge is 0.378 e. The molecule has 2 saturated heterocycles. The highest BCUT2D eigenvalue weighted by Gasteiger charge is 2.43. The average Bonchev–Trinajstić information content (AvgIpc) is 2.89. The van der Waals surface area contributed by atoms with Crippen LogP contribution in [0.4, 0.5) is 5.82 Å². The molecule has 2 aliphatic rings. The number of ketones is 1. The average molecular weight is 468 g/mol. The van der Waals surface area contributed by atoms with Gasteiger partial charge >= 0.3 is 0 Å². The van der Waals surface area contributed by atoms with Gasteiger partial charge in [0.05, 0.1) is 24.9 Å². The number of hydrogen-bond donors (Lipinski definition) is 0.